The SMILES string of the molecule is Cc1nc(Cl)cc(=O)n1Cc1ccsc1. The molecule has 0 aromatic carbocycles. The van der Waals surface area contributed by atoms with Crippen molar-refractivity contribution in [3.8, 4) is 0 Å². The van der Waals surface area contributed by atoms with Crippen molar-refractivity contribution >= 4 is 22.9 Å². The van der Waals surface area contributed by atoms with E-state index >= 15 is 0 Å². The third-order valence-corrected chi connectivity index (χ3v) is 3.01. The molecule has 2 rings (SSSR count). The Morgan fingerprint density at radius 2 is 2.40 bits per heavy atom. The fourth-order valence-electron chi connectivity index (χ4n) is 1.34. The predicted octanol–water partition coefficient (Wildman–Crippen LogP) is 2.31. The van der Waals surface area contributed by atoms with Gasteiger partial charge >= 0.3 is 0 Å². The van der Waals surface area contributed by atoms with Crippen LogP contribution in [0.2, 0.25) is 5.15 Å². The zero-order valence-corrected chi connectivity index (χ0v) is 9.68. The molecule has 0 atom stereocenters. The summed E-state index contributed by atoms with van der Waals surface area (Å²) in [6, 6.07) is 3.33. The van der Waals surface area contributed by atoms with Crippen LogP contribution in [-0.2, 0) is 6.54 Å². The van der Waals surface area contributed by atoms with E-state index in [1.807, 2.05) is 16.8 Å². The summed E-state index contributed by atoms with van der Waals surface area (Å²) in [5.41, 5.74) is 0.994. The summed E-state index contributed by atoms with van der Waals surface area (Å²) in [4.78, 5) is 15.7. The molecule has 0 radical (unpaired) electrons. The second kappa shape index (κ2) is 4.16. The molecule has 2 aromatic heterocycles. The molecule has 15 heavy (non-hydrogen) atoms. The van der Waals surface area contributed by atoms with Gasteiger partial charge in [0.1, 0.15) is 11.0 Å². The summed E-state index contributed by atoms with van der Waals surface area (Å²) < 4.78 is 1.61. The van der Waals surface area contributed by atoms with E-state index < -0.39 is 0 Å². The molecule has 0 aliphatic rings. The van der Waals surface area contributed by atoms with Crippen LogP contribution >= 0.6 is 22.9 Å². The second-order valence-corrected chi connectivity index (χ2v) is 4.35. The Hall–Kier alpha value is -1.13. The molecule has 0 fully saturated rings. The molecule has 0 bridgehead atoms. The van der Waals surface area contributed by atoms with E-state index in [2.05, 4.69) is 4.98 Å². The largest absolute Gasteiger partial charge is 0.292 e. The van der Waals surface area contributed by atoms with Crippen LogP contribution < -0.4 is 5.56 Å². The van der Waals surface area contributed by atoms with Crippen molar-refractivity contribution in [2.75, 3.05) is 0 Å². The highest BCUT2D eigenvalue weighted by atomic mass is 35.5. The third kappa shape index (κ3) is 2.27. The monoisotopic (exact) mass is 240 g/mol. The van der Waals surface area contributed by atoms with Crippen molar-refractivity contribution in [1.82, 2.24) is 9.55 Å². The number of hydrogen-bond acceptors (Lipinski definition) is 3. The van der Waals surface area contributed by atoms with Gasteiger partial charge in [-0.3, -0.25) is 9.36 Å². The first-order chi connectivity index (χ1) is 7.16. The summed E-state index contributed by atoms with van der Waals surface area (Å²) in [5.74, 6) is 0.638. The summed E-state index contributed by atoms with van der Waals surface area (Å²) in [6.45, 7) is 2.33. The van der Waals surface area contributed by atoms with Gasteiger partial charge in [0.15, 0.2) is 0 Å². The van der Waals surface area contributed by atoms with Crippen LogP contribution in [0.5, 0.6) is 0 Å². The maximum Gasteiger partial charge on any atom is 0.255 e. The number of nitrogens with zero attached hydrogens (tertiary/aromatic N) is 2. The summed E-state index contributed by atoms with van der Waals surface area (Å²) in [7, 11) is 0. The Balaban J connectivity index is 2.41. The van der Waals surface area contributed by atoms with Gasteiger partial charge in [-0.05, 0) is 29.3 Å². The minimum Gasteiger partial charge on any atom is -0.292 e. The van der Waals surface area contributed by atoms with E-state index in [9.17, 15) is 4.79 Å². The van der Waals surface area contributed by atoms with E-state index in [1.165, 1.54) is 6.07 Å². The third-order valence-electron chi connectivity index (χ3n) is 2.09. The quantitative estimate of drug-likeness (QED) is 0.755. The summed E-state index contributed by atoms with van der Waals surface area (Å²) in [6.07, 6.45) is 0. The number of hydrogen-bond donors (Lipinski definition) is 0. The van der Waals surface area contributed by atoms with Gasteiger partial charge in [-0.25, -0.2) is 4.98 Å². The van der Waals surface area contributed by atoms with E-state index in [4.69, 9.17) is 11.6 Å². The fourth-order valence-corrected chi connectivity index (χ4v) is 2.22. The Bertz CT molecular complexity index is 519. The molecule has 0 saturated carbocycles. The normalized spacial score (nSPS) is 10.5. The molecule has 2 aromatic rings. The number of rotatable bonds is 2. The molecule has 0 amide bonds. The van der Waals surface area contributed by atoms with Gasteiger partial charge in [-0.2, -0.15) is 11.3 Å². The van der Waals surface area contributed by atoms with Crippen LogP contribution in [0.4, 0.5) is 0 Å². The minimum absolute atomic E-state index is 0.112. The van der Waals surface area contributed by atoms with Gasteiger partial charge in [-0.1, -0.05) is 11.6 Å². The maximum absolute atomic E-state index is 11.6. The highest BCUT2D eigenvalue weighted by molar-refractivity contribution is 7.07. The van der Waals surface area contributed by atoms with Crippen LogP contribution in [0.1, 0.15) is 11.4 Å². The zero-order valence-electron chi connectivity index (χ0n) is 8.11. The fraction of sp³-hybridized carbons (Fsp3) is 0.200. The van der Waals surface area contributed by atoms with Crippen LogP contribution in [0.25, 0.3) is 0 Å². The molecule has 0 aliphatic heterocycles. The predicted molar refractivity (Wildman–Crippen MR) is 61.7 cm³/mol. The highest BCUT2D eigenvalue weighted by Crippen LogP contribution is 2.08. The second-order valence-electron chi connectivity index (χ2n) is 3.18. The summed E-state index contributed by atoms with van der Waals surface area (Å²) in [5, 5.41) is 4.25. The van der Waals surface area contributed by atoms with Gasteiger partial charge in [-0.15, -0.1) is 0 Å². The van der Waals surface area contributed by atoms with Crippen molar-refractivity contribution < 1.29 is 0 Å². The lowest BCUT2D eigenvalue weighted by Crippen LogP contribution is -2.23. The molecular weight excluding hydrogens is 232 g/mol. The molecule has 78 valence electrons. The van der Waals surface area contributed by atoms with Crippen LogP contribution in [-0.4, -0.2) is 9.55 Å². The number of halogens is 1. The van der Waals surface area contributed by atoms with Crippen molar-refractivity contribution in [2.45, 2.75) is 13.5 Å². The molecule has 0 unspecified atom stereocenters. The Morgan fingerprint density at radius 1 is 1.60 bits per heavy atom. The lowest BCUT2D eigenvalue weighted by atomic mass is 10.3. The topological polar surface area (TPSA) is 34.9 Å². The average molecular weight is 241 g/mol. The van der Waals surface area contributed by atoms with Gasteiger partial charge in [0.05, 0.1) is 6.54 Å². The lowest BCUT2D eigenvalue weighted by Gasteiger charge is -2.07. The molecule has 5 heteroatoms. The molecular formula is C10H9ClN2OS. The lowest BCUT2D eigenvalue weighted by molar-refractivity contribution is 0.702. The summed E-state index contributed by atoms with van der Waals surface area (Å²) >= 11 is 7.29. The standard InChI is InChI=1S/C10H9ClN2OS/c1-7-12-9(11)4-10(14)13(7)5-8-2-3-15-6-8/h2-4,6H,5H2,1H3. The highest BCUT2D eigenvalue weighted by Gasteiger charge is 2.04. The smallest absolute Gasteiger partial charge is 0.255 e. The Morgan fingerprint density at radius 3 is 3.00 bits per heavy atom. The molecule has 0 saturated heterocycles. The Kier molecular flexibility index (Phi) is 2.88. The van der Waals surface area contributed by atoms with Crippen molar-refractivity contribution in [3.05, 3.63) is 49.8 Å². The van der Waals surface area contributed by atoms with Crippen LogP contribution in [0, 0.1) is 6.92 Å². The molecule has 2 heterocycles. The molecule has 0 aliphatic carbocycles. The number of aromatic nitrogens is 2. The number of aryl methyl sites for hydroxylation is 1. The molecule has 3 nitrogen and oxygen atoms in total. The van der Waals surface area contributed by atoms with Crippen LogP contribution in [0.15, 0.2) is 27.7 Å². The first kappa shape index (κ1) is 10.4. The Labute approximate surface area is 96.0 Å². The molecule has 0 spiro atoms. The molecule has 0 N–H and O–H groups in total. The van der Waals surface area contributed by atoms with E-state index in [-0.39, 0.29) is 10.7 Å². The number of thiophene rings is 1. The van der Waals surface area contributed by atoms with E-state index in [0.29, 0.717) is 12.4 Å². The van der Waals surface area contributed by atoms with Crippen molar-refractivity contribution in [3.63, 3.8) is 0 Å². The average Bonchev–Trinajstić information content (AvgIpc) is 2.63. The van der Waals surface area contributed by atoms with Gasteiger partial charge in [0.25, 0.3) is 5.56 Å². The first-order valence-corrected chi connectivity index (χ1v) is 5.74. The first-order valence-electron chi connectivity index (χ1n) is 4.42. The van der Waals surface area contributed by atoms with Crippen molar-refractivity contribution in [1.29, 1.82) is 0 Å². The van der Waals surface area contributed by atoms with Crippen molar-refractivity contribution in [2.24, 2.45) is 0 Å². The van der Waals surface area contributed by atoms with Crippen LogP contribution in [0.3, 0.4) is 0 Å². The van der Waals surface area contributed by atoms with E-state index in [1.54, 1.807) is 22.8 Å². The maximum atomic E-state index is 11.6. The minimum atomic E-state index is -0.112. The zero-order chi connectivity index (χ0) is 10.8. The van der Waals surface area contributed by atoms with Gasteiger partial charge in [0.2, 0.25) is 0 Å². The van der Waals surface area contributed by atoms with Gasteiger partial charge in [0, 0.05) is 6.07 Å². The van der Waals surface area contributed by atoms with E-state index in [0.717, 1.165) is 5.56 Å². The van der Waals surface area contributed by atoms with Gasteiger partial charge < -0.3 is 0 Å².